The molecule has 0 fully saturated rings. The van der Waals surface area contributed by atoms with Crippen molar-refractivity contribution in [2.45, 2.75) is 38.5 Å². The molecule has 0 saturated carbocycles. The Morgan fingerprint density at radius 1 is 1.05 bits per heavy atom. The maximum atomic E-state index is 13.5. The largest absolute Gasteiger partial charge is 0.476 e. The number of nitrogens with zero attached hydrogens (tertiary/aromatic N) is 3. The summed E-state index contributed by atoms with van der Waals surface area (Å²) in [5.41, 5.74) is 2.47. The molecule has 0 aliphatic rings. The first-order chi connectivity index (χ1) is 19.1. The van der Waals surface area contributed by atoms with Crippen LogP contribution in [0, 0.1) is 13.8 Å². The highest BCUT2D eigenvalue weighted by Crippen LogP contribution is 2.35. The molecular weight excluding hydrogens is 534 g/mol. The number of aromatic carboxylic acids is 1. The molecule has 4 rings (SSSR count). The van der Waals surface area contributed by atoms with Gasteiger partial charge in [0.05, 0.1) is 5.69 Å². The zero-order valence-electron chi connectivity index (χ0n) is 22.2. The van der Waals surface area contributed by atoms with Gasteiger partial charge in [-0.3, -0.25) is 9.78 Å². The number of anilines is 1. The molecule has 3 N–H and O–H groups in total. The summed E-state index contributed by atoms with van der Waals surface area (Å²) in [5.74, 6) is -1.58. The lowest BCUT2D eigenvalue weighted by Crippen LogP contribution is -2.27. The Bertz CT molecular complexity index is 1630. The molecule has 2 heterocycles. The second-order valence-corrected chi connectivity index (χ2v) is 10.7. The van der Waals surface area contributed by atoms with E-state index in [1.165, 1.54) is 29.8 Å². The van der Waals surface area contributed by atoms with Crippen LogP contribution in [0.25, 0.3) is 5.69 Å². The maximum absolute atomic E-state index is 13.5. The number of benzene rings is 2. The van der Waals surface area contributed by atoms with Gasteiger partial charge in [0.15, 0.2) is 5.69 Å². The van der Waals surface area contributed by atoms with E-state index >= 15 is 0 Å². The first-order valence-corrected chi connectivity index (χ1v) is 14.0. The SMILES string of the molecule is CCC(=O)Nc1ccc(Oc2c(C)c(C(=O)O)nn2-c2ccc(C)cc2)c(S(=O)(=O)NCCc2ccccn2)c1. The van der Waals surface area contributed by atoms with Crippen molar-refractivity contribution in [3.63, 3.8) is 0 Å². The van der Waals surface area contributed by atoms with E-state index in [0.717, 1.165) is 5.56 Å². The van der Waals surface area contributed by atoms with Gasteiger partial charge in [-0.25, -0.2) is 17.9 Å². The summed E-state index contributed by atoms with van der Waals surface area (Å²) in [4.78, 5) is 27.8. The number of hydrogen-bond donors (Lipinski definition) is 3. The third-order valence-corrected chi connectivity index (χ3v) is 7.48. The van der Waals surface area contributed by atoms with Crippen LogP contribution in [0.4, 0.5) is 5.69 Å². The number of carboxylic acids is 1. The Labute approximate surface area is 231 Å². The third-order valence-electron chi connectivity index (χ3n) is 5.99. The number of ether oxygens (including phenoxy) is 1. The van der Waals surface area contributed by atoms with Crippen molar-refractivity contribution in [1.29, 1.82) is 0 Å². The minimum absolute atomic E-state index is 0.0385. The zero-order chi connectivity index (χ0) is 28.9. The van der Waals surface area contributed by atoms with E-state index in [9.17, 15) is 23.1 Å². The molecule has 0 radical (unpaired) electrons. The molecular formula is C28H29N5O6S. The van der Waals surface area contributed by atoms with E-state index in [4.69, 9.17) is 4.74 Å². The van der Waals surface area contributed by atoms with Crippen molar-refractivity contribution in [3.05, 3.63) is 89.4 Å². The van der Waals surface area contributed by atoms with Crippen molar-refractivity contribution in [1.82, 2.24) is 19.5 Å². The summed E-state index contributed by atoms with van der Waals surface area (Å²) in [5, 5.41) is 16.6. The first kappa shape index (κ1) is 28.5. The highest BCUT2D eigenvalue weighted by molar-refractivity contribution is 7.89. The Morgan fingerprint density at radius 3 is 2.45 bits per heavy atom. The van der Waals surface area contributed by atoms with Gasteiger partial charge in [-0.15, -0.1) is 0 Å². The fourth-order valence-electron chi connectivity index (χ4n) is 3.84. The van der Waals surface area contributed by atoms with Crippen molar-refractivity contribution in [2.75, 3.05) is 11.9 Å². The number of hydrogen-bond acceptors (Lipinski definition) is 7. The predicted octanol–water partition coefficient (Wildman–Crippen LogP) is 4.24. The standard InChI is InChI=1S/C28H29N5O6S/c1-4-25(34)31-21-10-13-23(24(17-21)40(37,38)30-16-14-20-7-5-6-15-29-20)39-27-19(3)26(28(35)36)32-33(27)22-11-8-18(2)9-12-22/h5-13,15,17,30H,4,14,16H2,1-3H3,(H,31,34)(H,35,36). The number of pyridine rings is 1. The molecule has 2 aromatic heterocycles. The van der Waals surface area contributed by atoms with Gasteiger partial charge in [0.25, 0.3) is 0 Å². The van der Waals surface area contributed by atoms with Gasteiger partial charge < -0.3 is 15.2 Å². The van der Waals surface area contributed by atoms with Crippen molar-refractivity contribution in [3.8, 4) is 17.3 Å². The molecule has 0 spiro atoms. The number of aromatic nitrogens is 3. The Kier molecular flexibility index (Phi) is 8.61. The minimum Gasteiger partial charge on any atom is -0.476 e. The van der Waals surface area contributed by atoms with Gasteiger partial charge in [-0.1, -0.05) is 30.7 Å². The number of rotatable bonds is 11. The number of amides is 1. The summed E-state index contributed by atoms with van der Waals surface area (Å²) >= 11 is 0. The molecule has 208 valence electrons. The average Bonchev–Trinajstić information content (AvgIpc) is 3.26. The van der Waals surface area contributed by atoms with E-state index in [2.05, 4.69) is 20.1 Å². The summed E-state index contributed by atoms with van der Waals surface area (Å²) < 4.78 is 37.0. The van der Waals surface area contributed by atoms with Crippen LogP contribution in [-0.4, -0.2) is 46.7 Å². The minimum atomic E-state index is -4.15. The van der Waals surface area contributed by atoms with E-state index in [-0.39, 0.29) is 52.3 Å². The molecule has 0 atom stereocenters. The second kappa shape index (κ2) is 12.1. The monoisotopic (exact) mass is 563 g/mol. The summed E-state index contributed by atoms with van der Waals surface area (Å²) in [6.07, 6.45) is 2.18. The van der Waals surface area contributed by atoms with Gasteiger partial charge in [0.1, 0.15) is 10.6 Å². The molecule has 11 nitrogen and oxygen atoms in total. The number of carbonyl (C=O) groups is 2. The van der Waals surface area contributed by atoms with E-state index in [1.54, 1.807) is 37.4 Å². The van der Waals surface area contributed by atoms with Crippen LogP contribution in [-0.2, 0) is 21.2 Å². The maximum Gasteiger partial charge on any atom is 0.356 e. The summed E-state index contributed by atoms with van der Waals surface area (Å²) in [6.45, 7) is 5.19. The fourth-order valence-corrected chi connectivity index (χ4v) is 5.02. The smallest absolute Gasteiger partial charge is 0.356 e. The molecule has 0 bridgehead atoms. The number of aryl methyl sites for hydroxylation is 1. The molecule has 0 saturated heterocycles. The molecule has 2 aromatic carbocycles. The first-order valence-electron chi connectivity index (χ1n) is 12.5. The summed E-state index contributed by atoms with van der Waals surface area (Å²) in [7, 11) is -4.15. The lowest BCUT2D eigenvalue weighted by atomic mass is 10.2. The highest BCUT2D eigenvalue weighted by atomic mass is 32.2. The van der Waals surface area contributed by atoms with Crippen LogP contribution in [0.15, 0.2) is 71.8 Å². The van der Waals surface area contributed by atoms with E-state index in [0.29, 0.717) is 17.8 Å². The van der Waals surface area contributed by atoms with Crippen LogP contribution >= 0.6 is 0 Å². The highest BCUT2D eigenvalue weighted by Gasteiger charge is 2.26. The zero-order valence-corrected chi connectivity index (χ0v) is 23.0. The third kappa shape index (κ3) is 6.53. The van der Waals surface area contributed by atoms with Crippen molar-refractivity contribution < 1.29 is 27.9 Å². The topological polar surface area (TPSA) is 153 Å². The van der Waals surface area contributed by atoms with Crippen molar-refractivity contribution in [2.24, 2.45) is 0 Å². The van der Waals surface area contributed by atoms with Crippen LogP contribution < -0.4 is 14.8 Å². The van der Waals surface area contributed by atoms with Gasteiger partial charge in [0.2, 0.25) is 21.8 Å². The van der Waals surface area contributed by atoms with E-state index in [1.807, 2.05) is 25.1 Å². The van der Waals surface area contributed by atoms with Crippen LogP contribution in [0.2, 0.25) is 0 Å². The second-order valence-electron chi connectivity index (χ2n) is 8.97. The van der Waals surface area contributed by atoms with Gasteiger partial charge in [-0.05, 0) is 56.3 Å². The Balaban J connectivity index is 1.75. The lowest BCUT2D eigenvalue weighted by Gasteiger charge is -2.16. The molecule has 0 aliphatic heterocycles. The molecule has 1 amide bonds. The van der Waals surface area contributed by atoms with Gasteiger partial charge >= 0.3 is 5.97 Å². The quantitative estimate of drug-likeness (QED) is 0.245. The molecule has 40 heavy (non-hydrogen) atoms. The lowest BCUT2D eigenvalue weighted by molar-refractivity contribution is -0.115. The van der Waals surface area contributed by atoms with Crippen LogP contribution in [0.3, 0.4) is 0 Å². The number of carboxylic acid groups (broad SMARTS) is 1. The molecule has 4 aromatic rings. The molecule has 0 aliphatic carbocycles. The van der Waals surface area contributed by atoms with Gasteiger partial charge in [0, 0.05) is 42.5 Å². The fraction of sp³-hybridized carbons (Fsp3) is 0.214. The average molecular weight is 564 g/mol. The molecule has 12 heteroatoms. The predicted molar refractivity (Wildman–Crippen MR) is 149 cm³/mol. The summed E-state index contributed by atoms with van der Waals surface area (Å²) in [6, 6.07) is 16.8. The van der Waals surface area contributed by atoms with Crippen LogP contribution in [0.1, 0.15) is 40.7 Å². The van der Waals surface area contributed by atoms with Crippen LogP contribution in [0.5, 0.6) is 11.6 Å². The Morgan fingerprint density at radius 2 is 1.80 bits per heavy atom. The number of nitrogens with one attached hydrogen (secondary N) is 2. The molecule has 0 unspecified atom stereocenters. The van der Waals surface area contributed by atoms with E-state index < -0.39 is 16.0 Å². The normalized spacial score (nSPS) is 11.3. The van der Waals surface area contributed by atoms with Gasteiger partial charge in [-0.2, -0.15) is 9.78 Å². The number of carbonyl (C=O) groups excluding carboxylic acids is 1. The Hall–Kier alpha value is -4.55. The van der Waals surface area contributed by atoms with Crippen molar-refractivity contribution >= 4 is 27.6 Å². The number of sulfonamides is 1.